The van der Waals surface area contributed by atoms with Crippen molar-refractivity contribution in [3.8, 4) is 0 Å². The second-order valence-electron chi connectivity index (χ2n) is 10.5. The van der Waals surface area contributed by atoms with Gasteiger partial charge in [0, 0.05) is 29.5 Å². The summed E-state index contributed by atoms with van der Waals surface area (Å²) in [5, 5.41) is 4.72. The van der Waals surface area contributed by atoms with Crippen LogP contribution in [0.4, 0.5) is 0 Å². The van der Waals surface area contributed by atoms with Gasteiger partial charge in [0.05, 0.1) is 5.54 Å². The van der Waals surface area contributed by atoms with Gasteiger partial charge in [-0.3, -0.25) is 5.32 Å². The summed E-state index contributed by atoms with van der Waals surface area (Å²) in [6, 6.07) is 28.1. The van der Waals surface area contributed by atoms with Crippen LogP contribution in [0, 0.1) is 0 Å². The van der Waals surface area contributed by atoms with Crippen LogP contribution in [-0.4, -0.2) is 18.0 Å². The Labute approximate surface area is 227 Å². The minimum Gasteiger partial charge on any atom is -0.346 e. The van der Waals surface area contributed by atoms with Crippen LogP contribution >= 0.6 is 11.6 Å². The Hall–Kier alpha value is -3.07. The van der Waals surface area contributed by atoms with Crippen LogP contribution in [0.25, 0.3) is 0 Å². The molecule has 0 spiro atoms. The van der Waals surface area contributed by atoms with Crippen molar-refractivity contribution in [2.45, 2.75) is 50.0 Å². The summed E-state index contributed by atoms with van der Waals surface area (Å²) in [6.45, 7) is 14.4. The summed E-state index contributed by atoms with van der Waals surface area (Å²) >= 11 is 6.92. The molecule has 1 heterocycles. The van der Waals surface area contributed by atoms with E-state index in [0.717, 1.165) is 59.9 Å². The van der Waals surface area contributed by atoms with E-state index in [2.05, 4.69) is 96.7 Å². The van der Waals surface area contributed by atoms with Gasteiger partial charge in [-0.25, -0.2) is 0 Å². The van der Waals surface area contributed by atoms with Crippen LogP contribution in [0.2, 0.25) is 5.02 Å². The van der Waals surface area contributed by atoms with Gasteiger partial charge >= 0.3 is 0 Å². The van der Waals surface area contributed by atoms with Gasteiger partial charge in [-0.2, -0.15) is 0 Å². The monoisotopic (exact) mass is 508 g/mol. The van der Waals surface area contributed by atoms with Gasteiger partial charge < -0.3 is 4.90 Å². The third kappa shape index (κ3) is 5.19. The predicted octanol–water partition coefficient (Wildman–Crippen LogP) is 8.56. The smallest absolute Gasteiger partial charge is 0.0962 e. The highest BCUT2D eigenvalue weighted by molar-refractivity contribution is 6.31. The number of rotatable bonds is 10. The Morgan fingerprint density at radius 2 is 1.49 bits per heavy atom. The van der Waals surface area contributed by atoms with E-state index < -0.39 is 5.54 Å². The lowest BCUT2D eigenvalue weighted by Gasteiger charge is -2.38. The molecule has 3 aromatic rings. The van der Waals surface area contributed by atoms with Crippen LogP contribution in [0.5, 0.6) is 0 Å². The summed E-state index contributed by atoms with van der Waals surface area (Å²) in [7, 11) is 0. The molecule has 1 atom stereocenters. The van der Waals surface area contributed by atoms with Crippen molar-refractivity contribution in [1.82, 2.24) is 10.2 Å². The fraction of sp³-hybridized carbons (Fsp3) is 0.294. The molecule has 3 aromatic carbocycles. The largest absolute Gasteiger partial charge is 0.346 e. The number of nitrogens with zero attached hydrogens (tertiary/aromatic N) is 1. The number of benzene rings is 3. The highest BCUT2D eigenvalue weighted by Crippen LogP contribution is 2.42. The third-order valence-electron chi connectivity index (χ3n) is 8.12. The molecule has 0 aromatic heterocycles. The Kier molecular flexibility index (Phi) is 7.69. The molecule has 2 aliphatic rings. The highest BCUT2D eigenvalue weighted by Gasteiger charge is 2.37. The van der Waals surface area contributed by atoms with E-state index in [-0.39, 0.29) is 0 Å². The van der Waals surface area contributed by atoms with Gasteiger partial charge in [-0.05, 0) is 66.3 Å². The van der Waals surface area contributed by atoms with Gasteiger partial charge in [-0.1, -0.05) is 116 Å². The summed E-state index contributed by atoms with van der Waals surface area (Å²) in [4.78, 5) is 2.22. The van der Waals surface area contributed by atoms with E-state index in [0.29, 0.717) is 5.92 Å². The molecule has 0 radical (unpaired) electrons. The molecule has 0 bridgehead atoms. The number of nitrogens with one attached hydrogen (secondary N) is 1. The third-order valence-corrected chi connectivity index (χ3v) is 8.45. The maximum absolute atomic E-state index is 6.92. The molecule has 1 saturated carbocycles. The van der Waals surface area contributed by atoms with E-state index in [1.165, 1.54) is 36.0 Å². The zero-order valence-electron chi connectivity index (χ0n) is 21.7. The Morgan fingerprint density at radius 1 is 0.865 bits per heavy atom. The summed E-state index contributed by atoms with van der Waals surface area (Å²) in [6.07, 6.45) is 6.75. The molecule has 1 saturated heterocycles. The molecule has 37 heavy (non-hydrogen) atoms. The van der Waals surface area contributed by atoms with Crippen molar-refractivity contribution in [2.75, 3.05) is 13.1 Å². The van der Waals surface area contributed by atoms with Crippen LogP contribution in [0.15, 0.2) is 116 Å². The van der Waals surface area contributed by atoms with Gasteiger partial charge in [0.25, 0.3) is 0 Å². The Balaban J connectivity index is 1.48. The normalized spacial score (nSPS) is 17.5. The molecule has 1 aliphatic carbocycles. The average molecular weight is 509 g/mol. The standard InChI is InChI=1S/C34H37ClN2/c1-25(24-37-26(2)16-17-27(37)3)22-23-36-34(30-12-5-4-6-13-30,32-14-7-8-15-33(32)35)31-20-18-29(19-21-31)28-10-9-11-28/h4-8,12-15,18-21,28,36H,1-3,9-11,16-17,22-24H2. The molecule has 1 N–H and O–H groups in total. The van der Waals surface area contributed by atoms with E-state index in [4.69, 9.17) is 11.6 Å². The summed E-state index contributed by atoms with van der Waals surface area (Å²) in [5.74, 6) is 0.701. The average Bonchev–Trinajstić information content (AvgIpc) is 3.19. The van der Waals surface area contributed by atoms with Gasteiger partial charge in [0.1, 0.15) is 0 Å². The molecule has 3 heteroatoms. The van der Waals surface area contributed by atoms with Crippen LogP contribution in [0.3, 0.4) is 0 Å². The Morgan fingerprint density at radius 3 is 2.11 bits per heavy atom. The van der Waals surface area contributed by atoms with Crippen LogP contribution in [0.1, 0.15) is 66.7 Å². The molecule has 2 nitrogen and oxygen atoms in total. The minimum absolute atomic E-state index is 0.584. The van der Waals surface area contributed by atoms with Gasteiger partial charge in [0.2, 0.25) is 0 Å². The molecule has 1 unspecified atom stereocenters. The van der Waals surface area contributed by atoms with Crippen molar-refractivity contribution in [3.05, 3.63) is 143 Å². The van der Waals surface area contributed by atoms with Crippen molar-refractivity contribution in [2.24, 2.45) is 0 Å². The SMILES string of the molecule is C=C(CCNC(c1ccccc1)(c1ccc(C2CCC2)cc1)c1ccccc1Cl)CN1C(=C)CCC1=C. The van der Waals surface area contributed by atoms with Crippen molar-refractivity contribution in [1.29, 1.82) is 0 Å². The maximum Gasteiger partial charge on any atom is 0.0962 e. The van der Waals surface area contributed by atoms with E-state index >= 15 is 0 Å². The fourth-order valence-corrected chi connectivity index (χ4v) is 5.99. The number of likely N-dealkylation sites (tertiary alicyclic amines) is 1. The van der Waals surface area contributed by atoms with Crippen molar-refractivity contribution < 1.29 is 0 Å². The number of allylic oxidation sites excluding steroid dienone is 2. The van der Waals surface area contributed by atoms with Gasteiger partial charge in [-0.15, -0.1) is 0 Å². The topological polar surface area (TPSA) is 15.3 Å². The second kappa shape index (κ2) is 11.1. The molecule has 1 aliphatic heterocycles. The zero-order valence-corrected chi connectivity index (χ0v) is 22.4. The first-order chi connectivity index (χ1) is 18.0. The molecular weight excluding hydrogens is 472 g/mol. The lowest BCUT2D eigenvalue weighted by molar-refractivity contribution is 0.419. The summed E-state index contributed by atoms with van der Waals surface area (Å²) in [5.41, 5.74) is 7.73. The zero-order chi connectivity index (χ0) is 25.8. The predicted molar refractivity (Wildman–Crippen MR) is 157 cm³/mol. The first-order valence-corrected chi connectivity index (χ1v) is 13.8. The molecule has 190 valence electrons. The molecule has 0 amide bonds. The maximum atomic E-state index is 6.92. The van der Waals surface area contributed by atoms with Crippen LogP contribution in [-0.2, 0) is 5.54 Å². The first-order valence-electron chi connectivity index (χ1n) is 13.4. The van der Waals surface area contributed by atoms with E-state index in [9.17, 15) is 0 Å². The minimum atomic E-state index is -0.584. The summed E-state index contributed by atoms with van der Waals surface area (Å²) < 4.78 is 0. The number of hydrogen-bond acceptors (Lipinski definition) is 2. The lowest BCUT2D eigenvalue weighted by Crippen LogP contribution is -2.45. The number of halogens is 1. The quantitative estimate of drug-likeness (QED) is 0.218. The molecule has 5 rings (SSSR count). The van der Waals surface area contributed by atoms with E-state index in [1.54, 1.807) is 0 Å². The highest BCUT2D eigenvalue weighted by atomic mass is 35.5. The van der Waals surface area contributed by atoms with Crippen molar-refractivity contribution in [3.63, 3.8) is 0 Å². The van der Waals surface area contributed by atoms with Gasteiger partial charge in [0.15, 0.2) is 0 Å². The number of hydrogen-bond donors (Lipinski definition) is 1. The van der Waals surface area contributed by atoms with Crippen LogP contribution < -0.4 is 5.32 Å². The lowest BCUT2D eigenvalue weighted by atomic mass is 9.75. The second-order valence-corrected chi connectivity index (χ2v) is 10.9. The first kappa shape index (κ1) is 25.6. The fourth-order valence-electron chi connectivity index (χ4n) is 5.71. The molecule has 2 fully saturated rings. The Bertz CT molecular complexity index is 1260. The molecular formula is C34H37ClN2. The van der Waals surface area contributed by atoms with E-state index in [1.807, 2.05) is 12.1 Å². The van der Waals surface area contributed by atoms with Crippen molar-refractivity contribution >= 4 is 11.6 Å².